The molecule has 0 atom stereocenters. The number of amides is 2. The van der Waals surface area contributed by atoms with Crippen LogP contribution in [0.15, 0.2) is 42.5 Å². The van der Waals surface area contributed by atoms with Crippen LogP contribution in [-0.4, -0.2) is 30.3 Å². The third kappa shape index (κ3) is 3.59. The number of hydrogen-bond acceptors (Lipinski definition) is 3. The van der Waals surface area contributed by atoms with Crippen LogP contribution in [0, 0.1) is 13.8 Å². The first-order valence-corrected chi connectivity index (χ1v) is 9.36. The largest absolute Gasteiger partial charge is 0.332 e. The fourth-order valence-corrected chi connectivity index (χ4v) is 4.20. The van der Waals surface area contributed by atoms with Crippen molar-refractivity contribution in [1.82, 2.24) is 4.90 Å². The zero-order valence-electron chi connectivity index (χ0n) is 14.8. The molecule has 134 valence electrons. The summed E-state index contributed by atoms with van der Waals surface area (Å²) in [4.78, 5) is 26.9. The predicted octanol–water partition coefficient (Wildman–Crippen LogP) is 4.88. The van der Waals surface area contributed by atoms with Crippen LogP contribution in [0.3, 0.4) is 0 Å². The van der Waals surface area contributed by atoms with Crippen molar-refractivity contribution in [3.8, 4) is 0 Å². The van der Waals surface area contributed by atoms with Gasteiger partial charge < -0.3 is 10.2 Å². The second-order valence-electron chi connectivity index (χ2n) is 6.20. The van der Waals surface area contributed by atoms with Crippen LogP contribution in [0.5, 0.6) is 0 Å². The first kappa shape index (κ1) is 18.4. The van der Waals surface area contributed by atoms with Crippen molar-refractivity contribution >= 4 is 50.5 Å². The fourth-order valence-electron chi connectivity index (χ4n) is 2.69. The van der Waals surface area contributed by atoms with Crippen LogP contribution in [0.25, 0.3) is 10.1 Å². The van der Waals surface area contributed by atoms with Gasteiger partial charge in [-0.3, -0.25) is 9.59 Å². The molecule has 0 aliphatic heterocycles. The Labute approximate surface area is 161 Å². The molecule has 0 aliphatic rings. The van der Waals surface area contributed by atoms with Gasteiger partial charge in [0, 0.05) is 22.8 Å². The maximum Gasteiger partial charge on any atom is 0.265 e. The maximum atomic E-state index is 12.7. The third-order valence-electron chi connectivity index (χ3n) is 4.34. The molecule has 0 unspecified atom stereocenters. The Bertz CT molecular complexity index is 997. The Hall–Kier alpha value is -2.37. The molecule has 2 amide bonds. The van der Waals surface area contributed by atoms with E-state index in [1.165, 1.54) is 16.2 Å². The molecular formula is C20H19ClN2O2S. The number of benzene rings is 2. The van der Waals surface area contributed by atoms with Gasteiger partial charge in [0.25, 0.3) is 5.91 Å². The van der Waals surface area contributed by atoms with Crippen molar-refractivity contribution in [2.75, 3.05) is 18.9 Å². The van der Waals surface area contributed by atoms with Crippen LogP contribution in [0.2, 0.25) is 5.02 Å². The minimum Gasteiger partial charge on any atom is -0.332 e. The van der Waals surface area contributed by atoms with E-state index in [4.69, 9.17) is 11.6 Å². The van der Waals surface area contributed by atoms with E-state index >= 15 is 0 Å². The molecule has 4 nitrogen and oxygen atoms in total. The van der Waals surface area contributed by atoms with Crippen molar-refractivity contribution in [2.24, 2.45) is 0 Å². The van der Waals surface area contributed by atoms with E-state index in [0.29, 0.717) is 9.90 Å². The molecule has 0 fully saturated rings. The molecule has 0 saturated carbocycles. The molecular weight excluding hydrogens is 368 g/mol. The number of thiophene rings is 1. The van der Waals surface area contributed by atoms with Crippen molar-refractivity contribution < 1.29 is 9.59 Å². The number of anilines is 1. The number of carbonyl (C=O) groups excluding carboxylic acids is 2. The van der Waals surface area contributed by atoms with Crippen LogP contribution < -0.4 is 5.32 Å². The van der Waals surface area contributed by atoms with Crippen LogP contribution >= 0.6 is 22.9 Å². The van der Waals surface area contributed by atoms with Crippen molar-refractivity contribution in [1.29, 1.82) is 0 Å². The summed E-state index contributed by atoms with van der Waals surface area (Å²) >= 11 is 7.70. The van der Waals surface area contributed by atoms with E-state index in [1.807, 2.05) is 56.3 Å². The normalized spacial score (nSPS) is 10.8. The lowest BCUT2D eigenvalue weighted by atomic mass is 10.1. The lowest BCUT2D eigenvalue weighted by Gasteiger charge is -2.17. The average molecular weight is 387 g/mol. The highest BCUT2D eigenvalue weighted by atomic mass is 35.5. The molecule has 1 aromatic heterocycles. The second kappa shape index (κ2) is 7.48. The van der Waals surface area contributed by atoms with Gasteiger partial charge in [-0.05, 0) is 37.1 Å². The number of fused-ring (bicyclic) bond motifs is 1. The zero-order chi connectivity index (χ0) is 18.8. The molecule has 0 saturated heterocycles. The minimum atomic E-state index is -0.257. The molecule has 3 aromatic rings. The van der Waals surface area contributed by atoms with Gasteiger partial charge >= 0.3 is 0 Å². The summed E-state index contributed by atoms with van der Waals surface area (Å²) < 4.78 is 0.953. The molecule has 6 heteroatoms. The quantitative estimate of drug-likeness (QED) is 0.694. The van der Waals surface area contributed by atoms with E-state index in [1.54, 1.807) is 7.05 Å². The van der Waals surface area contributed by atoms with Crippen molar-refractivity contribution in [2.45, 2.75) is 13.8 Å². The molecule has 2 aromatic carbocycles. The van der Waals surface area contributed by atoms with E-state index in [9.17, 15) is 9.59 Å². The predicted molar refractivity (Wildman–Crippen MR) is 108 cm³/mol. The minimum absolute atomic E-state index is 0.0449. The van der Waals surface area contributed by atoms with Gasteiger partial charge in [-0.1, -0.05) is 41.9 Å². The van der Waals surface area contributed by atoms with Crippen molar-refractivity contribution in [3.63, 3.8) is 0 Å². The molecule has 1 heterocycles. The van der Waals surface area contributed by atoms with Crippen molar-refractivity contribution in [3.05, 3.63) is 63.5 Å². The Morgan fingerprint density at radius 3 is 2.58 bits per heavy atom. The fraction of sp³-hybridized carbons (Fsp3) is 0.200. The summed E-state index contributed by atoms with van der Waals surface area (Å²) in [6.45, 7) is 3.90. The SMILES string of the molecule is Cc1cccc(NC(=O)CN(C)C(=O)c2sc3ccccc3c2Cl)c1C. The maximum absolute atomic E-state index is 12.7. The summed E-state index contributed by atoms with van der Waals surface area (Å²) in [6.07, 6.45) is 0. The topological polar surface area (TPSA) is 49.4 Å². The molecule has 0 aliphatic carbocycles. The van der Waals surface area contributed by atoms with E-state index in [2.05, 4.69) is 5.32 Å². The lowest BCUT2D eigenvalue weighted by molar-refractivity contribution is -0.116. The summed E-state index contributed by atoms with van der Waals surface area (Å²) in [6, 6.07) is 13.3. The average Bonchev–Trinajstić information content (AvgIpc) is 2.95. The number of carbonyl (C=O) groups is 2. The van der Waals surface area contributed by atoms with E-state index < -0.39 is 0 Å². The van der Waals surface area contributed by atoms with E-state index in [-0.39, 0.29) is 18.4 Å². The first-order chi connectivity index (χ1) is 12.4. The Morgan fingerprint density at radius 1 is 1.12 bits per heavy atom. The van der Waals surface area contributed by atoms with Gasteiger partial charge in [-0.2, -0.15) is 0 Å². The molecule has 3 rings (SSSR count). The monoisotopic (exact) mass is 386 g/mol. The van der Waals surface area contributed by atoms with Crippen LogP contribution in [0.1, 0.15) is 20.8 Å². The van der Waals surface area contributed by atoms with E-state index in [0.717, 1.165) is 26.9 Å². The lowest BCUT2D eigenvalue weighted by Crippen LogP contribution is -2.34. The van der Waals surface area contributed by atoms with Gasteiger partial charge in [0.1, 0.15) is 4.88 Å². The standard InChI is InChI=1S/C20H19ClN2O2S/c1-12-7-6-9-15(13(12)2)22-17(24)11-23(3)20(25)19-18(21)14-8-4-5-10-16(14)26-19/h4-10H,11H2,1-3H3,(H,22,24). The summed E-state index contributed by atoms with van der Waals surface area (Å²) in [5.74, 6) is -0.501. The summed E-state index contributed by atoms with van der Waals surface area (Å²) in [5.41, 5.74) is 2.88. The highest BCUT2D eigenvalue weighted by Gasteiger charge is 2.22. The molecule has 26 heavy (non-hydrogen) atoms. The Morgan fingerprint density at radius 2 is 1.85 bits per heavy atom. The van der Waals surface area contributed by atoms with Gasteiger partial charge in [-0.25, -0.2) is 0 Å². The zero-order valence-corrected chi connectivity index (χ0v) is 16.4. The highest BCUT2D eigenvalue weighted by molar-refractivity contribution is 7.21. The number of nitrogens with one attached hydrogen (secondary N) is 1. The number of likely N-dealkylation sites (N-methyl/N-ethyl adjacent to an activating group) is 1. The molecule has 1 N–H and O–H groups in total. The van der Waals surface area contributed by atoms with Gasteiger partial charge in [-0.15, -0.1) is 11.3 Å². The Balaban J connectivity index is 1.73. The summed E-state index contributed by atoms with van der Waals surface area (Å²) in [7, 11) is 1.60. The number of rotatable bonds is 4. The number of nitrogens with zero attached hydrogens (tertiary/aromatic N) is 1. The third-order valence-corrected chi connectivity index (χ3v) is 6.00. The van der Waals surface area contributed by atoms with Crippen LogP contribution in [-0.2, 0) is 4.79 Å². The van der Waals surface area contributed by atoms with Gasteiger partial charge in [0.15, 0.2) is 0 Å². The molecule has 0 radical (unpaired) electrons. The molecule has 0 spiro atoms. The molecule has 0 bridgehead atoms. The number of aryl methyl sites for hydroxylation is 1. The second-order valence-corrected chi connectivity index (χ2v) is 7.63. The Kier molecular flexibility index (Phi) is 5.30. The summed E-state index contributed by atoms with van der Waals surface area (Å²) in [5, 5.41) is 4.17. The number of halogens is 1. The number of hydrogen-bond donors (Lipinski definition) is 1. The highest BCUT2D eigenvalue weighted by Crippen LogP contribution is 2.35. The smallest absolute Gasteiger partial charge is 0.265 e. The van der Waals surface area contributed by atoms with Gasteiger partial charge in [0.2, 0.25) is 5.91 Å². The van der Waals surface area contributed by atoms with Gasteiger partial charge in [0.05, 0.1) is 11.6 Å². The first-order valence-electron chi connectivity index (χ1n) is 8.17. The van der Waals surface area contributed by atoms with Crippen LogP contribution in [0.4, 0.5) is 5.69 Å².